The molecule has 2 rings (SSSR count). The van der Waals surface area contributed by atoms with Crippen LogP contribution in [-0.2, 0) is 4.79 Å². The predicted octanol–water partition coefficient (Wildman–Crippen LogP) is 2.35. The molecule has 0 bridgehead atoms. The third-order valence-corrected chi connectivity index (χ3v) is 3.59. The van der Waals surface area contributed by atoms with Gasteiger partial charge in [-0.15, -0.1) is 0 Å². The number of carbonyl (C=O) groups excluding carboxylic acids is 2. The van der Waals surface area contributed by atoms with Gasteiger partial charge in [0.2, 0.25) is 5.91 Å². The Morgan fingerprint density at radius 3 is 2.27 bits per heavy atom. The highest BCUT2D eigenvalue weighted by Crippen LogP contribution is 2.10. The van der Waals surface area contributed by atoms with E-state index in [0.717, 1.165) is 11.1 Å². The van der Waals surface area contributed by atoms with E-state index in [1.807, 2.05) is 31.2 Å². The van der Waals surface area contributed by atoms with Crippen LogP contribution in [0.15, 0.2) is 54.6 Å². The molecule has 134 valence electrons. The highest BCUT2D eigenvalue weighted by molar-refractivity contribution is 7.80. The summed E-state index contributed by atoms with van der Waals surface area (Å²) in [4.78, 5) is 23.8. The summed E-state index contributed by atoms with van der Waals surface area (Å²) < 4.78 is 5.03. The minimum absolute atomic E-state index is 0.00887. The first-order chi connectivity index (χ1) is 12.5. The monoisotopic (exact) mass is 369 g/mol. The van der Waals surface area contributed by atoms with E-state index in [-0.39, 0.29) is 11.0 Å². The van der Waals surface area contributed by atoms with Gasteiger partial charge in [-0.3, -0.25) is 25.8 Å². The maximum Gasteiger partial charge on any atom is 0.269 e. The van der Waals surface area contributed by atoms with Gasteiger partial charge in [-0.1, -0.05) is 29.8 Å². The Labute approximate surface area is 157 Å². The average molecular weight is 369 g/mol. The Morgan fingerprint density at radius 1 is 1.00 bits per heavy atom. The summed E-state index contributed by atoms with van der Waals surface area (Å²) in [5, 5.41) is 2.44. The van der Waals surface area contributed by atoms with E-state index in [0.29, 0.717) is 11.3 Å². The number of benzene rings is 2. The number of ether oxygens (including phenoxy) is 1. The number of methoxy groups -OCH3 is 1. The molecule has 0 saturated carbocycles. The van der Waals surface area contributed by atoms with E-state index in [9.17, 15) is 9.59 Å². The molecule has 0 atom stereocenters. The van der Waals surface area contributed by atoms with Crippen molar-refractivity contribution in [2.45, 2.75) is 6.92 Å². The molecule has 2 aromatic carbocycles. The summed E-state index contributed by atoms with van der Waals surface area (Å²) in [6.07, 6.45) is 3.04. The summed E-state index contributed by atoms with van der Waals surface area (Å²) in [5.41, 5.74) is 7.36. The second-order valence-corrected chi connectivity index (χ2v) is 5.78. The van der Waals surface area contributed by atoms with E-state index >= 15 is 0 Å². The van der Waals surface area contributed by atoms with E-state index in [1.54, 1.807) is 37.5 Å². The van der Waals surface area contributed by atoms with Gasteiger partial charge in [0.25, 0.3) is 5.91 Å². The number of hydrazine groups is 1. The minimum atomic E-state index is -0.401. The molecule has 0 unspecified atom stereocenters. The van der Waals surface area contributed by atoms with Crippen LogP contribution in [0.1, 0.15) is 21.5 Å². The number of carbonyl (C=O) groups is 2. The normalized spacial score (nSPS) is 10.2. The molecule has 0 aliphatic carbocycles. The van der Waals surface area contributed by atoms with Crippen LogP contribution in [0, 0.1) is 6.92 Å². The van der Waals surface area contributed by atoms with Crippen LogP contribution in [0.2, 0.25) is 0 Å². The lowest BCUT2D eigenvalue weighted by Crippen LogP contribution is -2.48. The maximum absolute atomic E-state index is 12.0. The zero-order valence-electron chi connectivity index (χ0n) is 14.4. The van der Waals surface area contributed by atoms with Crippen LogP contribution in [0.4, 0.5) is 0 Å². The Hall–Kier alpha value is -3.19. The molecule has 3 N–H and O–H groups in total. The lowest BCUT2D eigenvalue weighted by Gasteiger charge is -2.10. The summed E-state index contributed by atoms with van der Waals surface area (Å²) in [6.45, 7) is 1.99. The molecule has 2 amide bonds. The fourth-order valence-electron chi connectivity index (χ4n) is 1.96. The van der Waals surface area contributed by atoms with Crippen molar-refractivity contribution in [2.75, 3.05) is 7.11 Å². The second-order valence-electron chi connectivity index (χ2n) is 5.37. The van der Waals surface area contributed by atoms with Crippen LogP contribution in [0.25, 0.3) is 6.08 Å². The fourth-order valence-corrected chi connectivity index (χ4v) is 2.11. The van der Waals surface area contributed by atoms with Gasteiger partial charge in [0.15, 0.2) is 5.11 Å². The van der Waals surface area contributed by atoms with Crippen molar-refractivity contribution in [3.8, 4) is 5.75 Å². The van der Waals surface area contributed by atoms with Crippen molar-refractivity contribution in [3.63, 3.8) is 0 Å². The van der Waals surface area contributed by atoms with Crippen molar-refractivity contribution in [1.29, 1.82) is 0 Å². The number of thiocarbonyl (C=S) groups is 1. The SMILES string of the molecule is COc1ccc(C(=O)NNC(=S)NC(=O)/C=C/c2ccc(C)cc2)cc1. The molecule has 0 aliphatic heterocycles. The van der Waals surface area contributed by atoms with Crippen LogP contribution >= 0.6 is 12.2 Å². The molecular formula is C19H19N3O3S. The lowest BCUT2D eigenvalue weighted by atomic mass is 10.1. The first kappa shape index (κ1) is 19.1. The Morgan fingerprint density at radius 2 is 1.65 bits per heavy atom. The Kier molecular flexibility index (Phi) is 6.87. The molecule has 0 aromatic heterocycles. The van der Waals surface area contributed by atoms with E-state index in [1.165, 1.54) is 6.08 Å². The van der Waals surface area contributed by atoms with Crippen molar-refractivity contribution in [2.24, 2.45) is 0 Å². The molecule has 0 radical (unpaired) electrons. The van der Waals surface area contributed by atoms with Gasteiger partial charge in [-0.05, 0) is 55.0 Å². The van der Waals surface area contributed by atoms with Gasteiger partial charge in [-0.25, -0.2) is 0 Å². The summed E-state index contributed by atoms with van der Waals surface area (Å²) in [5.74, 6) is -0.140. The van der Waals surface area contributed by atoms with Crippen molar-refractivity contribution in [3.05, 3.63) is 71.3 Å². The second kappa shape index (κ2) is 9.33. The summed E-state index contributed by atoms with van der Waals surface area (Å²) in [7, 11) is 1.55. The number of hydrogen-bond donors (Lipinski definition) is 3. The summed E-state index contributed by atoms with van der Waals surface area (Å²) >= 11 is 4.97. The van der Waals surface area contributed by atoms with Crippen LogP contribution in [-0.4, -0.2) is 24.0 Å². The number of nitrogens with one attached hydrogen (secondary N) is 3. The first-order valence-electron chi connectivity index (χ1n) is 7.78. The molecule has 2 aromatic rings. The smallest absolute Gasteiger partial charge is 0.269 e. The van der Waals surface area contributed by atoms with Gasteiger partial charge in [-0.2, -0.15) is 0 Å². The van der Waals surface area contributed by atoms with Gasteiger partial charge in [0.1, 0.15) is 5.75 Å². The highest BCUT2D eigenvalue weighted by Gasteiger charge is 2.06. The van der Waals surface area contributed by atoms with Gasteiger partial charge >= 0.3 is 0 Å². The fraction of sp³-hybridized carbons (Fsp3) is 0.105. The van der Waals surface area contributed by atoms with E-state index in [2.05, 4.69) is 16.2 Å². The van der Waals surface area contributed by atoms with Crippen LogP contribution in [0.5, 0.6) is 5.75 Å². The number of hydrogen-bond acceptors (Lipinski definition) is 4. The lowest BCUT2D eigenvalue weighted by molar-refractivity contribution is -0.115. The van der Waals surface area contributed by atoms with Gasteiger partial charge in [0.05, 0.1) is 7.11 Å². The molecule has 0 saturated heterocycles. The van der Waals surface area contributed by atoms with Crippen molar-refractivity contribution >= 4 is 35.2 Å². The van der Waals surface area contributed by atoms with Gasteiger partial charge < -0.3 is 4.74 Å². The molecule has 6 nitrogen and oxygen atoms in total. The average Bonchev–Trinajstić information content (AvgIpc) is 2.65. The molecule has 26 heavy (non-hydrogen) atoms. The molecule has 0 fully saturated rings. The van der Waals surface area contributed by atoms with Crippen molar-refractivity contribution in [1.82, 2.24) is 16.2 Å². The third kappa shape index (κ3) is 6.03. The number of aryl methyl sites for hydroxylation is 1. The zero-order valence-corrected chi connectivity index (χ0v) is 15.2. The number of rotatable bonds is 4. The Bertz CT molecular complexity index is 815. The minimum Gasteiger partial charge on any atom is -0.497 e. The zero-order chi connectivity index (χ0) is 18.9. The standard InChI is InChI=1S/C19H19N3O3S/c1-13-3-5-14(6-4-13)7-12-17(23)20-19(26)22-21-18(24)15-8-10-16(25-2)11-9-15/h3-12H,1-2H3,(H,21,24)(H2,20,22,23,26)/b12-7+. The quantitative estimate of drug-likeness (QED) is 0.438. The topological polar surface area (TPSA) is 79.5 Å². The van der Waals surface area contributed by atoms with Crippen molar-refractivity contribution < 1.29 is 14.3 Å². The maximum atomic E-state index is 12.0. The molecule has 0 spiro atoms. The van der Waals surface area contributed by atoms with E-state index in [4.69, 9.17) is 17.0 Å². The molecule has 7 heteroatoms. The van der Waals surface area contributed by atoms with Crippen LogP contribution in [0.3, 0.4) is 0 Å². The molecule has 0 heterocycles. The Balaban J connectivity index is 1.79. The summed E-state index contributed by atoms with van der Waals surface area (Å²) in [6, 6.07) is 14.3. The number of amides is 2. The largest absolute Gasteiger partial charge is 0.497 e. The van der Waals surface area contributed by atoms with E-state index < -0.39 is 5.91 Å². The van der Waals surface area contributed by atoms with Gasteiger partial charge in [0, 0.05) is 11.6 Å². The first-order valence-corrected chi connectivity index (χ1v) is 8.19. The third-order valence-electron chi connectivity index (χ3n) is 3.38. The molecule has 0 aliphatic rings. The molecular weight excluding hydrogens is 350 g/mol. The predicted molar refractivity (Wildman–Crippen MR) is 105 cm³/mol. The van der Waals surface area contributed by atoms with Crippen LogP contribution < -0.4 is 20.9 Å². The highest BCUT2D eigenvalue weighted by atomic mass is 32.1.